The summed E-state index contributed by atoms with van der Waals surface area (Å²) in [5.74, 6) is 1.45. The molecule has 0 aliphatic carbocycles. The average molecular weight is 249 g/mol. The molecular weight excluding hydrogens is 234 g/mol. The predicted molar refractivity (Wildman–Crippen MR) is 67.8 cm³/mol. The zero-order chi connectivity index (χ0) is 13.3. The van der Waals surface area contributed by atoms with Crippen molar-refractivity contribution in [3.8, 4) is 28.4 Å². The highest BCUT2D eigenvalue weighted by Crippen LogP contribution is 2.45. The van der Waals surface area contributed by atoms with Crippen molar-refractivity contribution in [1.29, 1.82) is 0 Å². The molecule has 0 spiro atoms. The first-order valence-electron chi connectivity index (χ1n) is 5.32. The van der Waals surface area contributed by atoms with Crippen molar-refractivity contribution in [2.75, 3.05) is 20.0 Å². The Morgan fingerprint density at radius 3 is 2.50 bits per heavy atom. The largest absolute Gasteiger partial charge is 0.507 e. The van der Waals surface area contributed by atoms with Gasteiger partial charge in [-0.05, 0) is 12.1 Å². The number of nitrogens with zero attached hydrogens (tertiary/aromatic N) is 2. The Bertz CT molecular complexity index is 578. The Morgan fingerprint density at radius 1 is 1.28 bits per heavy atom. The number of hydrogen-bond acceptors (Lipinski definition) is 5. The molecule has 0 fully saturated rings. The molecule has 1 heterocycles. The molecule has 1 aromatic carbocycles. The van der Waals surface area contributed by atoms with Gasteiger partial charge in [0.15, 0.2) is 11.5 Å². The third kappa shape index (κ3) is 1.71. The number of ether oxygens (including phenoxy) is 2. The summed E-state index contributed by atoms with van der Waals surface area (Å²) in [5, 5.41) is 14.1. The van der Waals surface area contributed by atoms with Gasteiger partial charge in [-0.3, -0.25) is 4.68 Å². The molecule has 0 saturated carbocycles. The number of aromatic hydroxyl groups is 1. The van der Waals surface area contributed by atoms with E-state index in [1.54, 1.807) is 19.3 Å². The van der Waals surface area contributed by atoms with Crippen molar-refractivity contribution >= 4 is 5.82 Å². The molecule has 6 heteroatoms. The lowest BCUT2D eigenvalue weighted by Crippen LogP contribution is -1.99. The maximum atomic E-state index is 10.0. The number of anilines is 1. The van der Waals surface area contributed by atoms with E-state index < -0.39 is 0 Å². The summed E-state index contributed by atoms with van der Waals surface area (Å²) in [6.45, 7) is 0. The molecule has 0 saturated heterocycles. The second kappa shape index (κ2) is 4.48. The molecule has 6 nitrogen and oxygen atoms in total. The standard InChI is InChI=1S/C12H15N3O3/c1-15-12(13)7(6-14-15)10-8(16)4-5-9(17-2)11(10)18-3/h4-6,16H,13H2,1-3H3. The summed E-state index contributed by atoms with van der Waals surface area (Å²) in [6, 6.07) is 3.16. The average Bonchev–Trinajstić information content (AvgIpc) is 2.69. The van der Waals surface area contributed by atoms with E-state index in [1.807, 2.05) is 0 Å². The van der Waals surface area contributed by atoms with Crippen LogP contribution in [0.15, 0.2) is 18.3 Å². The first-order chi connectivity index (χ1) is 8.60. The van der Waals surface area contributed by atoms with Crippen LogP contribution in [-0.4, -0.2) is 29.1 Å². The van der Waals surface area contributed by atoms with E-state index in [4.69, 9.17) is 15.2 Å². The fourth-order valence-electron chi connectivity index (χ4n) is 1.82. The highest BCUT2D eigenvalue weighted by molar-refractivity contribution is 5.84. The van der Waals surface area contributed by atoms with Crippen LogP contribution in [0.2, 0.25) is 0 Å². The van der Waals surface area contributed by atoms with Crippen molar-refractivity contribution in [3.63, 3.8) is 0 Å². The van der Waals surface area contributed by atoms with Gasteiger partial charge < -0.3 is 20.3 Å². The number of phenols is 1. The lowest BCUT2D eigenvalue weighted by molar-refractivity contribution is 0.353. The van der Waals surface area contributed by atoms with Crippen LogP contribution in [0.25, 0.3) is 11.1 Å². The van der Waals surface area contributed by atoms with Gasteiger partial charge in [0.1, 0.15) is 11.6 Å². The molecule has 18 heavy (non-hydrogen) atoms. The van der Waals surface area contributed by atoms with Gasteiger partial charge in [0.2, 0.25) is 0 Å². The Hall–Kier alpha value is -2.37. The molecule has 3 N–H and O–H groups in total. The van der Waals surface area contributed by atoms with Gasteiger partial charge in [-0.2, -0.15) is 5.10 Å². The van der Waals surface area contributed by atoms with Crippen molar-refractivity contribution in [1.82, 2.24) is 9.78 Å². The second-order valence-corrected chi connectivity index (χ2v) is 3.76. The molecule has 0 amide bonds. The number of phenolic OH excluding ortho intramolecular Hbond substituents is 1. The normalized spacial score (nSPS) is 10.4. The predicted octanol–water partition coefficient (Wildman–Crippen LogP) is 1.39. The number of nitrogens with two attached hydrogens (primary N) is 1. The maximum Gasteiger partial charge on any atom is 0.172 e. The summed E-state index contributed by atoms with van der Waals surface area (Å²) >= 11 is 0. The minimum absolute atomic E-state index is 0.0624. The minimum Gasteiger partial charge on any atom is -0.507 e. The molecular formula is C12H15N3O3. The monoisotopic (exact) mass is 249 g/mol. The Labute approximate surface area is 105 Å². The van der Waals surface area contributed by atoms with E-state index in [-0.39, 0.29) is 5.75 Å². The number of hydrogen-bond donors (Lipinski definition) is 2. The van der Waals surface area contributed by atoms with E-state index in [2.05, 4.69) is 5.10 Å². The lowest BCUT2D eigenvalue weighted by atomic mass is 10.1. The smallest absolute Gasteiger partial charge is 0.172 e. The first-order valence-corrected chi connectivity index (χ1v) is 5.32. The van der Waals surface area contributed by atoms with Crippen LogP contribution in [-0.2, 0) is 7.05 Å². The molecule has 1 aromatic heterocycles. The van der Waals surface area contributed by atoms with Crippen molar-refractivity contribution in [3.05, 3.63) is 18.3 Å². The number of rotatable bonds is 3. The number of methoxy groups -OCH3 is 2. The Kier molecular flexibility index (Phi) is 3.01. The zero-order valence-corrected chi connectivity index (χ0v) is 10.5. The van der Waals surface area contributed by atoms with Gasteiger partial charge in [0, 0.05) is 7.05 Å². The summed E-state index contributed by atoms with van der Waals surface area (Å²) in [6.07, 6.45) is 1.58. The molecule has 0 unspecified atom stereocenters. The van der Waals surface area contributed by atoms with Crippen molar-refractivity contribution in [2.45, 2.75) is 0 Å². The van der Waals surface area contributed by atoms with Crippen LogP contribution in [0.4, 0.5) is 5.82 Å². The number of nitrogen functional groups attached to an aromatic ring is 1. The van der Waals surface area contributed by atoms with Crippen LogP contribution in [0.3, 0.4) is 0 Å². The maximum absolute atomic E-state index is 10.0. The van der Waals surface area contributed by atoms with Gasteiger partial charge >= 0.3 is 0 Å². The molecule has 2 aromatic rings. The van der Waals surface area contributed by atoms with Crippen molar-refractivity contribution in [2.24, 2.45) is 7.05 Å². The molecule has 0 aliphatic heterocycles. The SMILES string of the molecule is COc1ccc(O)c(-c2cnn(C)c2N)c1OC. The first kappa shape index (κ1) is 12.1. The van der Waals surface area contributed by atoms with E-state index in [0.717, 1.165) is 0 Å². The minimum atomic E-state index is 0.0624. The molecule has 2 rings (SSSR count). The molecule has 96 valence electrons. The van der Waals surface area contributed by atoms with E-state index >= 15 is 0 Å². The fraction of sp³-hybridized carbons (Fsp3) is 0.250. The Balaban J connectivity index is 2.73. The Morgan fingerprint density at radius 2 is 2.00 bits per heavy atom. The van der Waals surface area contributed by atoms with Gasteiger partial charge in [-0.15, -0.1) is 0 Å². The summed E-state index contributed by atoms with van der Waals surface area (Å²) in [7, 11) is 4.77. The third-order valence-electron chi connectivity index (χ3n) is 2.78. The fourth-order valence-corrected chi connectivity index (χ4v) is 1.82. The number of benzene rings is 1. The van der Waals surface area contributed by atoms with E-state index in [1.165, 1.54) is 25.0 Å². The van der Waals surface area contributed by atoms with Crippen LogP contribution in [0.1, 0.15) is 0 Å². The van der Waals surface area contributed by atoms with Crippen molar-refractivity contribution < 1.29 is 14.6 Å². The van der Waals surface area contributed by atoms with E-state index in [9.17, 15) is 5.11 Å². The number of aryl methyl sites for hydroxylation is 1. The lowest BCUT2D eigenvalue weighted by Gasteiger charge is -2.13. The summed E-state index contributed by atoms with van der Waals surface area (Å²) in [5.41, 5.74) is 6.99. The quantitative estimate of drug-likeness (QED) is 0.859. The highest BCUT2D eigenvalue weighted by Gasteiger charge is 2.20. The summed E-state index contributed by atoms with van der Waals surface area (Å²) < 4.78 is 12.0. The summed E-state index contributed by atoms with van der Waals surface area (Å²) in [4.78, 5) is 0. The zero-order valence-electron chi connectivity index (χ0n) is 10.5. The van der Waals surface area contributed by atoms with Gasteiger partial charge in [0.25, 0.3) is 0 Å². The molecule has 0 bridgehead atoms. The topological polar surface area (TPSA) is 82.5 Å². The molecule has 0 atom stereocenters. The van der Waals surface area contributed by atoms with Crippen LogP contribution >= 0.6 is 0 Å². The van der Waals surface area contributed by atoms with Crippen LogP contribution in [0, 0.1) is 0 Å². The van der Waals surface area contributed by atoms with Crippen LogP contribution in [0.5, 0.6) is 17.2 Å². The number of aromatic nitrogens is 2. The van der Waals surface area contributed by atoms with Gasteiger partial charge in [-0.1, -0.05) is 0 Å². The third-order valence-corrected chi connectivity index (χ3v) is 2.78. The van der Waals surface area contributed by atoms with Gasteiger partial charge in [-0.25, -0.2) is 0 Å². The van der Waals surface area contributed by atoms with Crippen LogP contribution < -0.4 is 15.2 Å². The second-order valence-electron chi connectivity index (χ2n) is 3.76. The van der Waals surface area contributed by atoms with Gasteiger partial charge in [0.05, 0.1) is 31.5 Å². The van der Waals surface area contributed by atoms with E-state index in [0.29, 0.717) is 28.4 Å². The molecule has 0 aliphatic rings. The highest BCUT2D eigenvalue weighted by atomic mass is 16.5. The molecule has 0 radical (unpaired) electrons.